The molecule has 2 heterocycles. The number of nitrogen functional groups attached to an aromatic ring is 1. The Bertz CT molecular complexity index is 686. The number of benzene rings is 1. The summed E-state index contributed by atoms with van der Waals surface area (Å²) in [7, 11) is 0. The molecule has 3 rings (SSSR count). The summed E-state index contributed by atoms with van der Waals surface area (Å²) < 4.78 is 6.53. The average molecular weight is 325 g/mol. The normalized spacial score (nSPS) is 19.7. The number of ether oxygens (including phenoxy) is 1. The largest absolute Gasteiger partial charge is 0.397 e. The topological polar surface area (TPSA) is 55.6 Å². The molecule has 2 aromatic rings. The molecule has 1 fully saturated rings. The molecule has 0 aliphatic carbocycles. The molecule has 1 aromatic heterocycles. The lowest BCUT2D eigenvalue weighted by Gasteiger charge is -2.21. The number of nitrogens with zero attached hydrogens (tertiary/aromatic N) is 1. The van der Waals surface area contributed by atoms with Gasteiger partial charge in [0.15, 0.2) is 0 Å². The van der Waals surface area contributed by atoms with Gasteiger partial charge in [0.25, 0.3) is 5.91 Å². The summed E-state index contributed by atoms with van der Waals surface area (Å²) in [5.41, 5.74) is 6.66. The van der Waals surface area contributed by atoms with Gasteiger partial charge >= 0.3 is 0 Å². The third-order valence-corrected chi connectivity index (χ3v) is 5.11. The Morgan fingerprint density at radius 2 is 2.33 bits per heavy atom. The lowest BCUT2D eigenvalue weighted by Crippen LogP contribution is -2.35. The van der Waals surface area contributed by atoms with E-state index in [2.05, 4.69) is 0 Å². The third kappa shape index (κ3) is 2.73. The van der Waals surface area contributed by atoms with E-state index < -0.39 is 0 Å². The van der Waals surface area contributed by atoms with Crippen molar-refractivity contribution in [1.29, 1.82) is 0 Å². The number of rotatable bonds is 1. The average Bonchev–Trinajstić information content (AvgIpc) is 2.65. The van der Waals surface area contributed by atoms with Crippen LogP contribution in [0.15, 0.2) is 18.2 Å². The van der Waals surface area contributed by atoms with Crippen molar-refractivity contribution in [2.75, 3.05) is 25.4 Å². The maximum absolute atomic E-state index is 12.8. The maximum Gasteiger partial charge on any atom is 0.266 e. The maximum atomic E-state index is 12.8. The minimum Gasteiger partial charge on any atom is -0.397 e. The minimum atomic E-state index is -0.0258. The first-order valence-corrected chi connectivity index (χ1v) is 8.14. The van der Waals surface area contributed by atoms with Crippen molar-refractivity contribution in [1.82, 2.24) is 4.90 Å². The molecule has 0 saturated carbocycles. The Kier molecular flexibility index (Phi) is 4.06. The van der Waals surface area contributed by atoms with Crippen LogP contribution in [0.1, 0.15) is 23.0 Å². The van der Waals surface area contributed by atoms with Gasteiger partial charge in [-0.05, 0) is 25.5 Å². The molecule has 4 nitrogen and oxygen atoms in total. The van der Waals surface area contributed by atoms with Crippen LogP contribution in [0, 0.1) is 0 Å². The van der Waals surface area contributed by atoms with Crippen molar-refractivity contribution in [3.05, 3.63) is 28.1 Å². The van der Waals surface area contributed by atoms with E-state index >= 15 is 0 Å². The molecular weight excluding hydrogens is 308 g/mol. The Balaban J connectivity index is 1.98. The van der Waals surface area contributed by atoms with Gasteiger partial charge in [0.05, 0.1) is 16.8 Å². The van der Waals surface area contributed by atoms with Gasteiger partial charge in [0, 0.05) is 29.8 Å². The second-order valence-electron chi connectivity index (χ2n) is 5.24. The number of anilines is 1. The van der Waals surface area contributed by atoms with Gasteiger partial charge in [-0.25, -0.2) is 0 Å². The molecule has 6 heteroatoms. The molecule has 1 amide bonds. The highest BCUT2D eigenvalue weighted by Crippen LogP contribution is 2.38. The zero-order chi connectivity index (χ0) is 15.0. The number of amides is 1. The summed E-state index contributed by atoms with van der Waals surface area (Å²) >= 11 is 7.60. The highest BCUT2D eigenvalue weighted by Gasteiger charge is 2.25. The molecule has 1 aliphatic rings. The van der Waals surface area contributed by atoms with E-state index in [1.54, 1.807) is 6.07 Å². The summed E-state index contributed by atoms with van der Waals surface area (Å²) in [5.74, 6) is -0.0258. The molecular formula is C15H17ClN2O2S. The van der Waals surface area contributed by atoms with Crippen LogP contribution in [0.4, 0.5) is 5.69 Å². The van der Waals surface area contributed by atoms with Crippen LogP contribution in [0.5, 0.6) is 0 Å². The van der Waals surface area contributed by atoms with Gasteiger partial charge in [-0.15, -0.1) is 11.3 Å². The molecule has 112 valence electrons. The predicted octanol–water partition coefficient (Wildman–Crippen LogP) is 3.39. The quantitative estimate of drug-likeness (QED) is 0.874. The number of fused-ring (bicyclic) bond motifs is 1. The van der Waals surface area contributed by atoms with E-state index in [9.17, 15) is 4.79 Å². The van der Waals surface area contributed by atoms with Gasteiger partial charge < -0.3 is 15.4 Å². The van der Waals surface area contributed by atoms with Crippen LogP contribution >= 0.6 is 22.9 Å². The number of thiophene rings is 1. The Morgan fingerprint density at radius 3 is 3.10 bits per heavy atom. The van der Waals surface area contributed by atoms with Crippen LogP contribution in [-0.2, 0) is 4.74 Å². The lowest BCUT2D eigenvalue weighted by atomic mass is 10.2. The first-order chi connectivity index (χ1) is 10.1. The van der Waals surface area contributed by atoms with E-state index in [0.29, 0.717) is 35.3 Å². The van der Waals surface area contributed by atoms with Gasteiger partial charge in [-0.3, -0.25) is 4.79 Å². The van der Waals surface area contributed by atoms with Crippen LogP contribution in [0.3, 0.4) is 0 Å². The second kappa shape index (κ2) is 5.83. The van der Waals surface area contributed by atoms with Crippen molar-refractivity contribution in [3.8, 4) is 0 Å². The fourth-order valence-electron chi connectivity index (χ4n) is 2.61. The van der Waals surface area contributed by atoms with Crippen molar-refractivity contribution in [3.63, 3.8) is 0 Å². The Hall–Kier alpha value is -1.30. The number of halogens is 1. The number of hydrogen-bond acceptors (Lipinski definition) is 4. The highest BCUT2D eigenvalue weighted by molar-refractivity contribution is 7.21. The molecule has 1 saturated heterocycles. The van der Waals surface area contributed by atoms with Crippen LogP contribution in [0.2, 0.25) is 5.02 Å². The molecule has 0 radical (unpaired) electrons. The number of hydrogen-bond donors (Lipinski definition) is 1. The molecule has 0 spiro atoms. The summed E-state index contributed by atoms with van der Waals surface area (Å²) in [6, 6.07) is 5.60. The van der Waals surface area contributed by atoms with Crippen molar-refractivity contribution in [2.45, 2.75) is 19.4 Å². The molecule has 2 N–H and O–H groups in total. The second-order valence-corrected chi connectivity index (χ2v) is 6.70. The number of carbonyl (C=O) groups excluding carboxylic acids is 1. The van der Waals surface area contributed by atoms with Crippen molar-refractivity contribution < 1.29 is 9.53 Å². The van der Waals surface area contributed by atoms with Gasteiger partial charge in [-0.2, -0.15) is 0 Å². The van der Waals surface area contributed by atoms with Crippen LogP contribution in [-0.4, -0.2) is 36.6 Å². The van der Waals surface area contributed by atoms with E-state index in [-0.39, 0.29) is 12.0 Å². The minimum absolute atomic E-state index is 0.0258. The first-order valence-electron chi connectivity index (χ1n) is 6.95. The first kappa shape index (κ1) is 14.6. The molecule has 1 aromatic carbocycles. The van der Waals surface area contributed by atoms with E-state index in [1.165, 1.54) is 11.3 Å². The monoisotopic (exact) mass is 324 g/mol. The summed E-state index contributed by atoms with van der Waals surface area (Å²) in [4.78, 5) is 15.2. The van der Waals surface area contributed by atoms with E-state index in [0.717, 1.165) is 16.5 Å². The zero-order valence-electron chi connectivity index (χ0n) is 11.8. The van der Waals surface area contributed by atoms with E-state index in [1.807, 2.05) is 24.0 Å². The van der Waals surface area contributed by atoms with Gasteiger partial charge in [-0.1, -0.05) is 17.7 Å². The summed E-state index contributed by atoms with van der Waals surface area (Å²) in [6.45, 7) is 3.97. The smallest absolute Gasteiger partial charge is 0.266 e. The van der Waals surface area contributed by atoms with Gasteiger partial charge in [0.2, 0.25) is 0 Å². The summed E-state index contributed by atoms with van der Waals surface area (Å²) in [6.07, 6.45) is 0.900. The highest BCUT2D eigenvalue weighted by atomic mass is 35.5. The fourth-order valence-corrected chi connectivity index (χ4v) is 4.06. The molecule has 1 aliphatic heterocycles. The fraction of sp³-hybridized carbons (Fsp3) is 0.400. The summed E-state index contributed by atoms with van der Waals surface area (Å²) in [5, 5.41) is 1.37. The SMILES string of the molecule is CC1CN(C(=O)c2sc3cccc(Cl)c3c2N)CCCO1. The molecule has 0 bridgehead atoms. The van der Waals surface area contributed by atoms with E-state index in [4.69, 9.17) is 22.1 Å². The molecule has 1 unspecified atom stereocenters. The lowest BCUT2D eigenvalue weighted by molar-refractivity contribution is 0.0566. The van der Waals surface area contributed by atoms with Crippen LogP contribution in [0.25, 0.3) is 10.1 Å². The zero-order valence-corrected chi connectivity index (χ0v) is 13.3. The standard InChI is InChI=1S/C15H17ClN2O2S/c1-9-8-18(6-3-7-20-9)15(19)14-13(17)12-10(16)4-2-5-11(12)21-14/h2,4-5,9H,3,6-8,17H2,1H3. The Labute approximate surface area is 132 Å². The van der Waals surface area contributed by atoms with Gasteiger partial charge in [0.1, 0.15) is 4.88 Å². The predicted molar refractivity (Wildman–Crippen MR) is 87.2 cm³/mol. The molecule has 21 heavy (non-hydrogen) atoms. The van der Waals surface area contributed by atoms with Crippen molar-refractivity contribution >= 4 is 44.6 Å². The number of nitrogens with two attached hydrogens (primary N) is 1. The Morgan fingerprint density at radius 1 is 1.52 bits per heavy atom. The van der Waals surface area contributed by atoms with Crippen LogP contribution < -0.4 is 5.73 Å². The number of carbonyl (C=O) groups is 1. The molecule has 1 atom stereocenters. The third-order valence-electron chi connectivity index (χ3n) is 3.64. The van der Waals surface area contributed by atoms with Crippen molar-refractivity contribution in [2.24, 2.45) is 0 Å².